The molecule has 3 rings (SSSR count). The van der Waals surface area contributed by atoms with Crippen molar-refractivity contribution in [2.45, 2.75) is 25.0 Å². The van der Waals surface area contributed by atoms with Gasteiger partial charge in [0.25, 0.3) is 0 Å². The summed E-state index contributed by atoms with van der Waals surface area (Å²) in [6.45, 7) is 0.669. The Hall–Kier alpha value is -1.30. The van der Waals surface area contributed by atoms with E-state index in [2.05, 4.69) is 9.97 Å². The lowest BCUT2D eigenvalue weighted by molar-refractivity contribution is -0.00247. The molecule has 0 saturated carbocycles. The maximum absolute atomic E-state index is 11.2. The molecule has 1 aliphatic rings. The largest absolute Gasteiger partial charge is 0.386 e. The van der Waals surface area contributed by atoms with Gasteiger partial charge in [-0.2, -0.15) is 0 Å². The monoisotopic (exact) mass is 268 g/mol. The van der Waals surface area contributed by atoms with Crippen LogP contribution >= 0.6 is 11.6 Å². The number of hydrogen-bond donors (Lipinski definition) is 3. The molecule has 0 radical (unpaired) electrons. The van der Waals surface area contributed by atoms with E-state index in [0.29, 0.717) is 28.2 Å². The van der Waals surface area contributed by atoms with Crippen molar-refractivity contribution in [3.8, 4) is 0 Å². The van der Waals surface area contributed by atoms with Crippen LogP contribution < -0.4 is 5.69 Å². The number of aromatic amines is 2. The first kappa shape index (κ1) is 11.8. The lowest BCUT2D eigenvalue weighted by Crippen LogP contribution is -2.17. The first-order valence-corrected chi connectivity index (χ1v) is 6.24. The minimum absolute atomic E-state index is 0.217. The van der Waals surface area contributed by atoms with Crippen LogP contribution in [0.3, 0.4) is 0 Å². The Bertz CT molecular complexity index is 628. The van der Waals surface area contributed by atoms with E-state index >= 15 is 0 Å². The predicted octanol–water partition coefficient (Wildman–Crippen LogP) is 1.72. The van der Waals surface area contributed by atoms with Crippen molar-refractivity contribution in [1.29, 1.82) is 0 Å². The van der Waals surface area contributed by atoms with Gasteiger partial charge in [0, 0.05) is 17.2 Å². The molecule has 6 heteroatoms. The number of hydrogen-bond acceptors (Lipinski definition) is 3. The van der Waals surface area contributed by atoms with Crippen molar-refractivity contribution in [2.24, 2.45) is 0 Å². The van der Waals surface area contributed by atoms with Gasteiger partial charge in [-0.1, -0.05) is 11.6 Å². The Labute approximate surface area is 108 Å². The Morgan fingerprint density at radius 3 is 2.78 bits per heavy atom. The maximum atomic E-state index is 11.2. The average Bonchev–Trinajstić information content (AvgIpc) is 2.94. The topological polar surface area (TPSA) is 78.1 Å². The van der Waals surface area contributed by atoms with E-state index in [1.807, 2.05) is 0 Å². The van der Waals surface area contributed by atoms with Crippen molar-refractivity contribution in [1.82, 2.24) is 9.97 Å². The fourth-order valence-corrected chi connectivity index (χ4v) is 2.63. The summed E-state index contributed by atoms with van der Waals surface area (Å²) in [5.41, 5.74) is 1.57. The highest BCUT2D eigenvalue weighted by Gasteiger charge is 2.27. The third-order valence-electron chi connectivity index (χ3n) is 3.27. The number of aliphatic hydroxyl groups is 1. The second kappa shape index (κ2) is 4.42. The highest BCUT2D eigenvalue weighted by molar-refractivity contribution is 6.32. The molecule has 0 spiro atoms. The van der Waals surface area contributed by atoms with E-state index in [1.54, 1.807) is 12.1 Å². The van der Waals surface area contributed by atoms with E-state index < -0.39 is 6.10 Å². The predicted molar refractivity (Wildman–Crippen MR) is 67.9 cm³/mol. The molecule has 18 heavy (non-hydrogen) atoms. The van der Waals surface area contributed by atoms with E-state index in [4.69, 9.17) is 16.3 Å². The van der Waals surface area contributed by atoms with E-state index in [0.717, 1.165) is 12.8 Å². The summed E-state index contributed by atoms with van der Waals surface area (Å²) in [4.78, 5) is 16.5. The number of imidazole rings is 1. The number of nitrogens with one attached hydrogen (secondary N) is 2. The van der Waals surface area contributed by atoms with Gasteiger partial charge in [0.1, 0.15) is 6.10 Å². The normalized spacial score (nSPS) is 21.6. The number of aromatic nitrogens is 2. The van der Waals surface area contributed by atoms with Crippen molar-refractivity contribution < 1.29 is 9.84 Å². The summed E-state index contributed by atoms with van der Waals surface area (Å²) in [6.07, 6.45) is 0.787. The maximum Gasteiger partial charge on any atom is 0.323 e. The van der Waals surface area contributed by atoms with Crippen LogP contribution in [0, 0.1) is 0 Å². The second-order valence-corrected chi connectivity index (χ2v) is 4.90. The number of benzene rings is 1. The molecule has 1 fully saturated rings. The van der Waals surface area contributed by atoms with Gasteiger partial charge in [-0.05, 0) is 25.0 Å². The number of rotatable bonds is 2. The first-order chi connectivity index (χ1) is 8.65. The third kappa shape index (κ3) is 1.94. The van der Waals surface area contributed by atoms with Crippen LogP contribution in [0.15, 0.2) is 16.9 Å². The quantitative estimate of drug-likeness (QED) is 0.776. The van der Waals surface area contributed by atoms with Gasteiger partial charge in [-0.3, -0.25) is 0 Å². The molecular formula is C12H13ClN2O3. The van der Waals surface area contributed by atoms with Crippen molar-refractivity contribution in [3.05, 3.63) is 33.2 Å². The van der Waals surface area contributed by atoms with E-state index in [-0.39, 0.29) is 11.8 Å². The second-order valence-electron chi connectivity index (χ2n) is 4.49. The summed E-state index contributed by atoms with van der Waals surface area (Å²) in [5, 5.41) is 10.7. The molecule has 2 heterocycles. The van der Waals surface area contributed by atoms with E-state index in [9.17, 15) is 9.90 Å². The average molecular weight is 269 g/mol. The smallest absolute Gasteiger partial charge is 0.323 e. The lowest BCUT2D eigenvalue weighted by atomic mass is 10.0. The van der Waals surface area contributed by atoms with Gasteiger partial charge in [0.2, 0.25) is 0 Å². The molecule has 0 amide bonds. The van der Waals surface area contributed by atoms with Gasteiger partial charge in [-0.25, -0.2) is 4.79 Å². The fraction of sp³-hybridized carbons (Fsp3) is 0.417. The Kier molecular flexibility index (Phi) is 2.89. The zero-order chi connectivity index (χ0) is 12.7. The number of ether oxygens (including phenoxy) is 1. The molecule has 3 N–H and O–H groups in total. The van der Waals surface area contributed by atoms with Gasteiger partial charge in [-0.15, -0.1) is 0 Å². The number of aliphatic hydroxyl groups excluding tert-OH is 1. The lowest BCUT2D eigenvalue weighted by Gasteiger charge is -2.18. The zero-order valence-corrected chi connectivity index (χ0v) is 10.3. The van der Waals surface area contributed by atoms with Crippen molar-refractivity contribution in [2.75, 3.05) is 6.61 Å². The molecule has 1 aliphatic heterocycles. The number of fused-ring (bicyclic) bond motifs is 1. The Morgan fingerprint density at radius 2 is 2.11 bits per heavy atom. The molecule has 5 nitrogen and oxygen atoms in total. The highest BCUT2D eigenvalue weighted by atomic mass is 35.5. The molecule has 1 aromatic heterocycles. The Morgan fingerprint density at radius 1 is 1.39 bits per heavy atom. The molecule has 96 valence electrons. The molecule has 0 bridgehead atoms. The van der Waals surface area contributed by atoms with Crippen LogP contribution in [0.5, 0.6) is 0 Å². The SMILES string of the molecule is O=c1[nH]c2cc(Cl)c(C(O)C3CCCO3)cc2[nH]1. The minimum Gasteiger partial charge on any atom is -0.386 e. The highest BCUT2D eigenvalue weighted by Crippen LogP contribution is 2.32. The van der Waals surface area contributed by atoms with Crippen LogP contribution in [0.2, 0.25) is 5.02 Å². The third-order valence-corrected chi connectivity index (χ3v) is 3.60. The molecule has 2 atom stereocenters. The van der Waals surface area contributed by atoms with Gasteiger partial charge >= 0.3 is 5.69 Å². The molecule has 2 unspecified atom stereocenters. The number of halogens is 1. The van der Waals surface area contributed by atoms with Crippen LogP contribution in [-0.4, -0.2) is 27.8 Å². The van der Waals surface area contributed by atoms with Crippen molar-refractivity contribution in [3.63, 3.8) is 0 Å². The fourth-order valence-electron chi connectivity index (χ4n) is 2.35. The summed E-state index contributed by atoms with van der Waals surface area (Å²) in [6, 6.07) is 3.34. The first-order valence-electron chi connectivity index (χ1n) is 5.86. The van der Waals surface area contributed by atoms with Crippen LogP contribution in [0.25, 0.3) is 11.0 Å². The summed E-state index contributed by atoms with van der Waals surface area (Å²) in [5.74, 6) is 0. The van der Waals surface area contributed by atoms with Crippen LogP contribution in [0.1, 0.15) is 24.5 Å². The minimum atomic E-state index is -0.761. The summed E-state index contributed by atoms with van der Waals surface area (Å²) < 4.78 is 5.45. The van der Waals surface area contributed by atoms with Gasteiger partial charge in [0.15, 0.2) is 0 Å². The molecular weight excluding hydrogens is 256 g/mol. The molecule has 1 saturated heterocycles. The Balaban J connectivity index is 2.04. The molecule has 1 aromatic carbocycles. The molecule has 0 aliphatic carbocycles. The van der Waals surface area contributed by atoms with Gasteiger partial charge < -0.3 is 19.8 Å². The van der Waals surface area contributed by atoms with Crippen molar-refractivity contribution >= 4 is 22.6 Å². The zero-order valence-electron chi connectivity index (χ0n) is 9.57. The summed E-state index contributed by atoms with van der Waals surface area (Å²) >= 11 is 6.13. The van der Waals surface area contributed by atoms with E-state index in [1.165, 1.54) is 0 Å². The van der Waals surface area contributed by atoms with Gasteiger partial charge in [0.05, 0.1) is 17.1 Å². The standard InChI is InChI=1S/C12H13ClN2O3/c13-7-5-9-8(14-12(17)15-9)4-6(7)11(16)10-2-1-3-18-10/h4-5,10-11,16H,1-3H2,(H2,14,15,17). The summed E-state index contributed by atoms with van der Waals surface area (Å²) in [7, 11) is 0. The number of H-pyrrole nitrogens is 2. The van der Waals surface area contributed by atoms with Crippen LogP contribution in [0.4, 0.5) is 0 Å². The molecule has 2 aromatic rings. The van der Waals surface area contributed by atoms with Crippen LogP contribution in [-0.2, 0) is 4.74 Å².